The highest BCUT2D eigenvalue weighted by molar-refractivity contribution is 9.10. The van der Waals surface area contributed by atoms with Crippen molar-refractivity contribution in [1.29, 1.82) is 0 Å². The summed E-state index contributed by atoms with van der Waals surface area (Å²) in [4.78, 5) is 27.4. The van der Waals surface area contributed by atoms with Crippen molar-refractivity contribution in [3.8, 4) is 0 Å². The molecular weight excluding hydrogens is 513 g/mol. The number of amides is 2. The lowest BCUT2D eigenvalue weighted by atomic mass is 10.1. The van der Waals surface area contributed by atoms with E-state index >= 15 is 0 Å². The molecule has 0 aromatic heterocycles. The zero-order chi connectivity index (χ0) is 25.0. The van der Waals surface area contributed by atoms with Gasteiger partial charge in [-0.25, -0.2) is 12.8 Å². The van der Waals surface area contributed by atoms with Crippen molar-refractivity contribution in [3.63, 3.8) is 0 Å². The van der Waals surface area contributed by atoms with E-state index in [0.717, 1.165) is 10.6 Å². The van der Waals surface area contributed by atoms with E-state index in [1.807, 2.05) is 0 Å². The first-order valence-electron chi connectivity index (χ1n) is 10.3. The van der Waals surface area contributed by atoms with Gasteiger partial charge in [-0.2, -0.15) is 0 Å². The molecule has 2 aromatic carbocycles. The number of carbonyl (C=O) groups excluding carboxylic acids is 2. The fourth-order valence-electron chi connectivity index (χ4n) is 3.11. The Labute approximate surface area is 203 Å². The molecule has 0 bridgehead atoms. The monoisotopic (exact) mass is 541 g/mol. The number of halogens is 2. The molecule has 0 fully saturated rings. The van der Waals surface area contributed by atoms with Gasteiger partial charge in [0.05, 0.1) is 11.9 Å². The fraction of sp³-hybridized carbons (Fsp3) is 0.391. The number of rotatable bonds is 8. The van der Waals surface area contributed by atoms with Crippen molar-refractivity contribution >= 4 is 43.5 Å². The lowest BCUT2D eigenvalue weighted by Gasteiger charge is -2.33. The van der Waals surface area contributed by atoms with E-state index in [9.17, 15) is 22.4 Å². The number of hydrogen-bond acceptors (Lipinski definition) is 4. The van der Waals surface area contributed by atoms with Crippen molar-refractivity contribution in [3.05, 3.63) is 64.4 Å². The maximum absolute atomic E-state index is 14.4. The third-order valence-corrected chi connectivity index (χ3v) is 6.37. The third-order valence-electron chi connectivity index (χ3n) is 4.74. The van der Waals surface area contributed by atoms with Crippen LogP contribution in [0, 0.1) is 5.82 Å². The highest BCUT2D eigenvalue weighted by Gasteiger charge is 2.31. The maximum atomic E-state index is 14.4. The van der Waals surface area contributed by atoms with Crippen LogP contribution in [0.25, 0.3) is 0 Å². The van der Waals surface area contributed by atoms with Gasteiger partial charge in [-0.05, 0) is 52.0 Å². The van der Waals surface area contributed by atoms with Gasteiger partial charge in [0.25, 0.3) is 0 Å². The molecule has 1 N–H and O–H groups in total. The molecule has 2 aromatic rings. The van der Waals surface area contributed by atoms with E-state index in [4.69, 9.17) is 0 Å². The van der Waals surface area contributed by atoms with Gasteiger partial charge in [0.15, 0.2) is 0 Å². The second-order valence-electron chi connectivity index (χ2n) is 8.78. The fourth-order valence-corrected chi connectivity index (χ4v) is 4.34. The Morgan fingerprint density at radius 3 is 2.30 bits per heavy atom. The van der Waals surface area contributed by atoms with E-state index in [2.05, 4.69) is 21.2 Å². The van der Waals surface area contributed by atoms with Gasteiger partial charge in [0, 0.05) is 22.1 Å². The maximum Gasteiger partial charge on any atom is 0.244 e. The lowest BCUT2D eigenvalue weighted by molar-refractivity contribution is -0.140. The van der Waals surface area contributed by atoms with Crippen LogP contribution in [0.15, 0.2) is 53.0 Å². The van der Waals surface area contributed by atoms with E-state index < -0.39 is 45.8 Å². The van der Waals surface area contributed by atoms with Crippen molar-refractivity contribution in [2.24, 2.45) is 0 Å². The molecule has 1 atom stereocenters. The zero-order valence-electron chi connectivity index (χ0n) is 19.3. The predicted molar refractivity (Wildman–Crippen MR) is 131 cm³/mol. The standard InChI is InChI=1S/C23H29BrFN3O4S/c1-16(22(30)26-23(2,3)4)27(14-17-9-6-7-12-20(17)25)21(29)15-28(33(5,31)32)19-11-8-10-18(24)13-19/h6-13,16H,14-15H2,1-5H3,(H,26,30). The van der Waals surface area contributed by atoms with Gasteiger partial charge in [-0.15, -0.1) is 0 Å². The molecule has 10 heteroatoms. The summed E-state index contributed by atoms with van der Waals surface area (Å²) < 4.78 is 41.0. The molecule has 0 aliphatic carbocycles. The molecule has 0 heterocycles. The molecule has 0 saturated carbocycles. The first-order chi connectivity index (χ1) is 15.2. The summed E-state index contributed by atoms with van der Waals surface area (Å²) in [5.74, 6) is -1.59. The van der Waals surface area contributed by atoms with Crippen LogP contribution in [0.3, 0.4) is 0 Å². The molecule has 2 amide bonds. The van der Waals surface area contributed by atoms with Gasteiger partial charge in [0.1, 0.15) is 18.4 Å². The minimum atomic E-state index is -3.83. The van der Waals surface area contributed by atoms with Gasteiger partial charge in [-0.3, -0.25) is 13.9 Å². The average molecular weight is 542 g/mol. The van der Waals surface area contributed by atoms with Crippen molar-refractivity contribution in [2.45, 2.75) is 45.8 Å². The molecule has 2 rings (SSSR count). The molecule has 180 valence electrons. The summed E-state index contributed by atoms with van der Waals surface area (Å²) in [5, 5.41) is 2.81. The molecule has 0 radical (unpaired) electrons. The number of nitrogens with one attached hydrogen (secondary N) is 1. The summed E-state index contributed by atoms with van der Waals surface area (Å²) in [7, 11) is -3.83. The lowest BCUT2D eigenvalue weighted by Crippen LogP contribution is -2.54. The quantitative estimate of drug-likeness (QED) is 0.552. The molecule has 0 saturated heterocycles. The van der Waals surface area contributed by atoms with Crippen LogP contribution >= 0.6 is 15.9 Å². The van der Waals surface area contributed by atoms with Gasteiger partial charge in [-0.1, -0.05) is 40.2 Å². The minimum absolute atomic E-state index is 0.194. The zero-order valence-corrected chi connectivity index (χ0v) is 21.7. The third kappa shape index (κ3) is 7.82. The second-order valence-corrected chi connectivity index (χ2v) is 11.6. The minimum Gasteiger partial charge on any atom is -0.350 e. The number of anilines is 1. The largest absolute Gasteiger partial charge is 0.350 e. The summed E-state index contributed by atoms with van der Waals surface area (Å²) >= 11 is 3.30. The average Bonchev–Trinajstić information content (AvgIpc) is 2.68. The highest BCUT2D eigenvalue weighted by Crippen LogP contribution is 2.23. The molecule has 7 nitrogen and oxygen atoms in total. The van der Waals surface area contributed by atoms with Gasteiger partial charge < -0.3 is 10.2 Å². The Morgan fingerprint density at radius 1 is 1.12 bits per heavy atom. The Balaban J connectivity index is 2.42. The normalized spacial score (nSPS) is 12.7. The van der Waals surface area contributed by atoms with Crippen molar-refractivity contribution in [2.75, 3.05) is 17.1 Å². The van der Waals surface area contributed by atoms with Crippen LogP contribution in [0.4, 0.5) is 10.1 Å². The Kier molecular flexibility index (Phi) is 8.64. The molecule has 33 heavy (non-hydrogen) atoms. The van der Waals surface area contributed by atoms with Crippen LogP contribution in [0.1, 0.15) is 33.3 Å². The van der Waals surface area contributed by atoms with E-state index in [0.29, 0.717) is 4.47 Å². The topological polar surface area (TPSA) is 86.8 Å². The van der Waals surface area contributed by atoms with Crippen molar-refractivity contribution in [1.82, 2.24) is 10.2 Å². The van der Waals surface area contributed by atoms with E-state index in [-0.39, 0.29) is 17.8 Å². The van der Waals surface area contributed by atoms with Crippen LogP contribution in [0.2, 0.25) is 0 Å². The van der Waals surface area contributed by atoms with Gasteiger partial charge in [0.2, 0.25) is 21.8 Å². The predicted octanol–water partition coefficient (Wildman–Crippen LogP) is 3.69. The SMILES string of the molecule is CC(C(=O)NC(C)(C)C)N(Cc1ccccc1F)C(=O)CN(c1cccc(Br)c1)S(C)(=O)=O. The second kappa shape index (κ2) is 10.6. The first kappa shape index (κ1) is 26.8. The Morgan fingerprint density at radius 2 is 1.76 bits per heavy atom. The Bertz CT molecular complexity index is 1120. The molecule has 0 spiro atoms. The highest BCUT2D eigenvalue weighted by atomic mass is 79.9. The van der Waals surface area contributed by atoms with Crippen LogP contribution in [-0.4, -0.2) is 49.5 Å². The van der Waals surface area contributed by atoms with Crippen LogP contribution in [0.5, 0.6) is 0 Å². The molecule has 1 unspecified atom stereocenters. The van der Waals surface area contributed by atoms with Crippen molar-refractivity contribution < 1.29 is 22.4 Å². The van der Waals surface area contributed by atoms with Gasteiger partial charge >= 0.3 is 0 Å². The number of hydrogen-bond donors (Lipinski definition) is 1. The van der Waals surface area contributed by atoms with Crippen LogP contribution < -0.4 is 9.62 Å². The molecular formula is C23H29BrFN3O4S. The summed E-state index contributed by atoms with van der Waals surface area (Å²) in [5.41, 5.74) is -0.0415. The summed E-state index contributed by atoms with van der Waals surface area (Å²) in [6, 6.07) is 11.5. The number of benzene rings is 2. The van der Waals surface area contributed by atoms with E-state index in [1.165, 1.54) is 30.0 Å². The number of sulfonamides is 1. The molecule has 0 aliphatic heterocycles. The smallest absolute Gasteiger partial charge is 0.244 e. The van der Waals surface area contributed by atoms with Crippen LogP contribution in [-0.2, 0) is 26.2 Å². The summed E-state index contributed by atoms with van der Waals surface area (Å²) in [6.45, 7) is 6.21. The molecule has 0 aliphatic rings. The first-order valence-corrected chi connectivity index (χ1v) is 12.9. The number of nitrogens with zero attached hydrogens (tertiary/aromatic N) is 2. The summed E-state index contributed by atoms with van der Waals surface area (Å²) in [6.07, 6.45) is 0.998. The number of carbonyl (C=O) groups is 2. The Hall–Kier alpha value is -2.46. The van der Waals surface area contributed by atoms with E-state index in [1.54, 1.807) is 51.1 Å².